The predicted octanol–water partition coefficient (Wildman–Crippen LogP) is 3.95. The fraction of sp³-hybridized carbons (Fsp3) is 0.240. The zero-order valence-electron chi connectivity index (χ0n) is 18.7. The minimum atomic E-state index is -3.58. The van der Waals surface area contributed by atoms with Gasteiger partial charge in [0.05, 0.1) is 10.9 Å². The number of carbonyl (C=O) groups excluding carboxylic acids is 1. The van der Waals surface area contributed by atoms with Crippen LogP contribution in [0.25, 0.3) is 0 Å². The molecule has 7 heteroatoms. The maximum atomic E-state index is 13.1. The topological polar surface area (TPSA) is 78.5 Å². The van der Waals surface area contributed by atoms with Gasteiger partial charge in [0.2, 0.25) is 15.9 Å². The normalized spacial score (nSPS) is 12.6. The quantitative estimate of drug-likeness (QED) is 0.544. The Kier molecular flexibility index (Phi) is 7.33. The van der Waals surface area contributed by atoms with Crippen LogP contribution in [0.15, 0.2) is 83.8 Å². The Morgan fingerprint density at radius 3 is 1.91 bits per heavy atom. The molecular formula is C25H29N3O3S. The van der Waals surface area contributed by atoms with Crippen molar-refractivity contribution in [3.05, 3.63) is 95.6 Å². The summed E-state index contributed by atoms with van der Waals surface area (Å²) in [6, 6.07) is 23.8. The van der Waals surface area contributed by atoms with Crippen molar-refractivity contribution in [2.45, 2.75) is 30.8 Å². The lowest BCUT2D eigenvalue weighted by atomic mass is 9.98. The van der Waals surface area contributed by atoms with Gasteiger partial charge in [0.1, 0.15) is 6.04 Å². The molecule has 0 unspecified atom stereocenters. The van der Waals surface area contributed by atoms with Crippen molar-refractivity contribution in [3.63, 3.8) is 0 Å². The highest BCUT2D eigenvalue weighted by Crippen LogP contribution is 2.24. The van der Waals surface area contributed by atoms with Crippen molar-refractivity contribution in [2.75, 3.05) is 19.4 Å². The van der Waals surface area contributed by atoms with E-state index in [2.05, 4.69) is 10.6 Å². The summed E-state index contributed by atoms with van der Waals surface area (Å²) in [5.41, 5.74) is 3.17. The molecule has 6 nitrogen and oxygen atoms in total. The predicted molar refractivity (Wildman–Crippen MR) is 128 cm³/mol. The first-order chi connectivity index (χ1) is 15.2. The number of amides is 1. The lowest BCUT2D eigenvalue weighted by Crippen LogP contribution is -2.40. The van der Waals surface area contributed by atoms with Gasteiger partial charge in [-0.1, -0.05) is 66.7 Å². The van der Waals surface area contributed by atoms with Crippen LogP contribution in [0.2, 0.25) is 0 Å². The largest absolute Gasteiger partial charge is 0.374 e. The highest BCUT2D eigenvalue weighted by atomic mass is 32.2. The number of hydrogen-bond donors (Lipinski definition) is 2. The van der Waals surface area contributed by atoms with Crippen LogP contribution in [0.4, 0.5) is 5.69 Å². The number of benzene rings is 3. The van der Waals surface area contributed by atoms with E-state index in [4.69, 9.17) is 0 Å². The van der Waals surface area contributed by atoms with E-state index in [1.54, 1.807) is 32.0 Å². The van der Waals surface area contributed by atoms with Crippen LogP contribution in [-0.2, 0) is 14.8 Å². The van der Waals surface area contributed by atoms with Crippen LogP contribution in [0.1, 0.15) is 29.7 Å². The molecule has 0 spiro atoms. The number of sulfonamides is 1. The van der Waals surface area contributed by atoms with E-state index in [0.717, 1.165) is 11.1 Å². The molecule has 1 atom stereocenters. The van der Waals surface area contributed by atoms with E-state index in [-0.39, 0.29) is 16.8 Å². The number of anilines is 1. The summed E-state index contributed by atoms with van der Waals surface area (Å²) >= 11 is 0. The van der Waals surface area contributed by atoms with Gasteiger partial charge in [0.15, 0.2) is 0 Å². The van der Waals surface area contributed by atoms with Crippen LogP contribution in [-0.4, -0.2) is 38.8 Å². The van der Waals surface area contributed by atoms with E-state index in [1.807, 2.05) is 60.7 Å². The van der Waals surface area contributed by atoms with Crippen LogP contribution < -0.4 is 10.6 Å². The van der Waals surface area contributed by atoms with E-state index >= 15 is 0 Å². The fourth-order valence-corrected chi connectivity index (χ4v) is 4.54. The highest BCUT2D eigenvalue weighted by molar-refractivity contribution is 7.89. The van der Waals surface area contributed by atoms with E-state index < -0.39 is 16.1 Å². The third kappa shape index (κ3) is 5.36. The summed E-state index contributed by atoms with van der Waals surface area (Å²) in [5, 5.41) is 6.25. The van der Waals surface area contributed by atoms with Crippen molar-refractivity contribution in [3.8, 4) is 0 Å². The molecule has 168 valence electrons. The van der Waals surface area contributed by atoms with E-state index in [1.165, 1.54) is 18.4 Å². The van der Waals surface area contributed by atoms with Crippen molar-refractivity contribution >= 4 is 21.6 Å². The van der Waals surface area contributed by atoms with Crippen molar-refractivity contribution in [1.82, 2.24) is 9.62 Å². The first kappa shape index (κ1) is 23.5. The molecule has 0 aliphatic rings. The number of nitrogens with zero attached hydrogens (tertiary/aromatic N) is 1. The maximum absolute atomic E-state index is 13.1. The zero-order valence-corrected chi connectivity index (χ0v) is 19.6. The molecule has 2 N–H and O–H groups in total. The minimum Gasteiger partial charge on any atom is -0.374 e. The smallest absolute Gasteiger partial charge is 0.242 e. The summed E-state index contributed by atoms with van der Waals surface area (Å²) in [7, 11) is -0.588. The van der Waals surface area contributed by atoms with Gasteiger partial charge in [-0.2, -0.15) is 0 Å². The second-order valence-electron chi connectivity index (χ2n) is 7.90. The van der Waals surface area contributed by atoms with Crippen LogP contribution in [0.5, 0.6) is 0 Å². The molecule has 3 rings (SSSR count). The molecular weight excluding hydrogens is 422 g/mol. The van der Waals surface area contributed by atoms with Gasteiger partial charge in [-0.3, -0.25) is 4.79 Å². The lowest BCUT2D eigenvalue weighted by Gasteiger charge is -2.23. The standard InChI is InChI=1S/C25H29N3O3S/c1-18-15-16-22(17-23(18)32(30,31)28(3)4)26-19(2)25(29)27-24(20-11-7-5-8-12-20)21-13-9-6-10-14-21/h5-17,19,24,26H,1-4H3,(H,27,29)/t19-/m1/s1. The fourth-order valence-electron chi connectivity index (χ4n) is 3.40. The van der Waals surface area contributed by atoms with Gasteiger partial charge in [-0.05, 0) is 42.7 Å². The monoisotopic (exact) mass is 451 g/mol. The van der Waals surface area contributed by atoms with Gasteiger partial charge >= 0.3 is 0 Å². The minimum absolute atomic E-state index is 0.194. The Morgan fingerprint density at radius 1 is 0.875 bits per heavy atom. The third-order valence-electron chi connectivity index (χ3n) is 5.28. The molecule has 0 saturated carbocycles. The first-order valence-electron chi connectivity index (χ1n) is 10.4. The number of nitrogens with one attached hydrogen (secondary N) is 2. The van der Waals surface area contributed by atoms with Gasteiger partial charge < -0.3 is 10.6 Å². The second kappa shape index (κ2) is 9.97. The Morgan fingerprint density at radius 2 is 1.41 bits per heavy atom. The van der Waals surface area contributed by atoms with Crippen molar-refractivity contribution in [1.29, 1.82) is 0 Å². The van der Waals surface area contributed by atoms with Crippen LogP contribution in [0, 0.1) is 6.92 Å². The Balaban J connectivity index is 1.81. The Hall–Kier alpha value is -3.16. The van der Waals surface area contributed by atoms with E-state index in [0.29, 0.717) is 11.3 Å². The van der Waals surface area contributed by atoms with Gasteiger partial charge in [-0.15, -0.1) is 0 Å². The number of hydrogen-bond acceptors (Lipinski definition) is 4. The molecule has 0 radical (unpaired) electrons. The summed E-state index contributed by atoms with van der Waals surface area (Å²) < 4.78 is 26.4. The lowest BCUT2D eigenvalue weighted by molar-refractivity contribution is -0.122. The summed E-state index contributed by atoms with van der Waals surface area (Å²) in [6.45, 7) is 3.50. The average Bonchev–Trinajstić information content (AvgIpc) is 2.79. The molecule has 0 saturated heterocycles. The molecule has 1 amide bonds. The summed E-state index contributed by atoms with van der Waals surface area (Å²) in [4.78, 5) is 13.3. The molecule has 0 aliphatic carbocycles. The molecule has 0 aromatic heterocycles. The first-order valence-corrected chi connectivity index (χ1v) is 11.8. The highest BCUT2D eigenvalue weighted by Gasteiger charge is 2.23. The van der Waals surface area contributed by atoms with Crippen molar-refractivity contribution in [2.24, 2.45) is 0 Å². The summed E-state index contributed by atoms with van der Waals surface area (Å²) in [6.07, 6.45) is 0. The molecule has 32 heavy (non-hydrogen) atoms. The molecule has 0 fully saturated rings. The van der Waals surface area contributed by atoms with Crippen LogP contribution >= 0.6 is 0 Å². The SMILES string of the molecule is Cc1ccc(N[C@H](C)C(=O)NC(c2ccccc2)c2ccccc2)cc1S(=O)(=O)N(C)C. The Labute approximate surface area is 190 Å². The van der Waals surface area contributed by atoms with Crippen molar-refractivity contribution < 1.29 is 13.2 Å². The number of aryl methyl sites for hydroxylation is 1. The zero-order chi connectivity index (χ0) is 23.3. The van der Waals surface area contributed by atoms with E-state index in [9.17, 15) is 13.2 Å². The molecule has 0 bridgehead atoms. The number of rotatable bonds is 8. The summed E-state index contributed by atoms with van der Waals surface area (Å²) in [5.74, 6) is -0.194. The average molecular weight is 452 g/mol. The molecule has 3 aromatic carbocycles. The van der Waals surface area contributed by atoms with Gasteiger partial charge in [-0.25, -0.2) is 12.7 Å². The molecule has 0 aliphatic heterocycles. The third-order valence-corrected chi connectivity index (χ3v) is 7.23. The van der Waals surface area contributed by atoms with Gasteiger partial charge in [0, 0.05) is 19.8 Å². The maximum Gasteiger partial charge on any atom is 0.242 e. The van der Waals surface area contributed by atoms with Crippen LogP contribution in [0.3, 0.4) is 0 Å². The van der Waals surface area contributed by atoms with Gasteiger partial charge in [0.25, 0.3) is 0 Å². The molecule has 3 aromatic rings. The second-order valence-corrected chi connectivity index (χ2v) is 10.0. The molecule has 0 heterocycles. The number of carbonyl (C=O) groups is 1. The Bertz CT molecular complexity index is 1120.